The van der Waals surface area contributed by atoms with Crippen LogP contribution in [-0.2, 0) is 0 Å². The average molecular weight is 247 g/mol. The van der Waals surface area contributed by atoms with Crippen LogP contribution in [0, 0.1) is 5.92 Å². The van der Waals surface area contributed by atoms with Crippen LogP contribution >= 0.6 is 0 Å². The number of rotatable bonds is 4. The van der Waals surface area contributed by atoms with Crippen LogP contribution in [0.3, 0.4) is 0 Å². The van der Waals surface area contributed by atoms with E-state index in [1.165, 1.54) is 0 Å². The molecule has 0 aliphatic carbocycles. The van der Waals surface area contributed by atoms with Crippen LogP contribution in [-0.4, -0.2) is 26.1 Å². The molecule has 0 amide bonds. The Hall–Kier alpha value is -1.91. The quantitative estimate of drug-likeness (QED) is 0.902. The van der Waals surface area contributed by atoms with Crippen molar-refractivity contribution in [1.29, 1.82) is 0 Å². The van der Waals surface area contributed by atoms with Gasteiger partial charge in [-0.3, -0.25) is 0 Å². The van der Waals surface area contributed by atoms with Crippen LogP contribution in [0.2, 0.25) is 0 Å². The van der Waals surface area contributed by atoms with Crippen molar-refractivity contribution in [2.75, 3.05) is 0 Å². The van der Waals surface area contributed by atoms with Gasteiger partial charge in [0.2, 0.25) is 0 Å². The number of hydrogen-bond acceptors (Lipinski definition) is 3. The van der Waals surface area contributed by atoms with Crippen LogP contribution in [0.5, 0.6) is 0 Å². The molecule has 1 aromatic carbocycles. The van der Waals surface area contributed by atoms with Crippen LogP contribution < -0.4 is 0 Å². The fourth-order valence-electron chi connectivity index (χ4n) is 2.31. The zero-order valence-corrected chi connectivity index (χ0v) is 10.8. The van der Waals surface area contributed by atoms with Gasteiger partial charge in [-0.05, 0) is 24.5 Å². The summed E-state index contributed by atoms with van der Waals surface area (Å²) in [5.41, 5.74) is 1.46. The van der Waals surface area contributed by atoms with E-state index in [4.69, 9.17) is 5.11 Å². The largest absolute Gasteiger partial charge is 0.478 e. The van der Waals surface area contributed by atoms with E-state index < -0.39 is 5.97 Å². The number of carboxylic acid groups (broad SMARTS) is 1. The minimum Gasteiger partial charge on any atom is -0.478 e. The molecular formula is C13H17N3O2. The second-order valence-corrected chi connectivity index (χ2v) is 4.73. The first-order valence-electron chi connectivity index (χ1n) is 6.13. The number of fused-ring (bicyclic) bond motifs is 1. The summed E-state index contributed by atoms with van der Waals surface area (Å²) >= 11 is 0. The molecule has 0 spiro atoms. The Labute approximate surface area is 105 Å². The predicted octanol–water partition coefficient (Wildman–Crippen LogP) is 2.74. The molecule has 2 aromatic rings. The third-order valence-corrected chi connectivity index (χ3v) is 3.23. The van der Waals surface area contributed by atoms with Gasteiger partial charge in [0.25, 0.3) is 0 Å². The summed E-state index contributed by atoms with van der Waals surface area (Å²) in [7, 11) is 0. The SMILES string of the molecule is CCC(C(C)C)n1nnc2c(C(=O)O)cccc21. The summed E-state index contributed by atoms with van der Waals surface area (Å²) in [6.45, 7) is 6.35. The van der Waals surface area contributed by atoms with Crippen LogP contribution in [0.4, 0.5) is 0 Å². The van der Waals surface area contributed by atoms with Crippen molar-refractivity contribution < 1.29 is 9.90 Å². The van der Waals surface area contributed by atoms with Gasteiger partial charge in [0.15, 0.2) is 0 Å². The fourth-order valence-corrected chi connectivity index (χ4v) is 2.31. The highest BCUT2D eigenvalue weighted by Crippen LogP contribution is 2.25. The van der Waals surface area contributed by atoms with Gasteiger partial charge in [0, 0.05) is 0 Å². The van der Waals surface area contributed by atoms with E-state index in [0.29, 0.717) is 11.4 Å². The first-order valence-corrected chi connectivity index (χ1v) is 6.13. The van der Waals surface area contributed by atoms with Crippen LogP contribution in [0.25, 0.3) is 11.0 Å². The van der Waals surface area contributed by atoms with E-state index in [2.05, 4.69) is 31.1 Å². The van der Waals surface area contributed by atoms with E-state index in [1.807, 2.05) is 10.7 Å². The molecule has 0 aliphatic rings. The number of carbonyl (C=O) groups is 1. The molecule has 0 radical (unpaired) electrons. The summed E-state index contributed by atoms with van der Waals surface area (Å²) in [5, 5.41) is 17.3. The highest BCUT2D eigenvalue weighted by atomic mass is 16.4. The molecule has 0 bridgehead atoms. The monoisotopic (exact) mass is 247 g/mol. The van der Waals surface area contributed by atoms with Gasteiger partial charge >= 0.3 is 5.97 Å². The maximum Gasteiger partial charge on any atom is 0.338 e. The molecule has 96 valence electrons. The minimum atomic E-state index is -0.967. The van der Waals surface area contributed by atoms with Crippen LogP contribution in [0.1, 0.15) is 43.6 Å². The lowest BCUT2D eigenvalue weighted by Crippen LogP contribution is -2.15. The molecule has 0 saturated heterocycles. The van der Waals surface area contributed by atoms with Crippen molar-refractivity contribution in [3.8, 4) is 0 Å². The standard InChI is InChI=1S/C13H17N3O2/c1-4-10(8(2)3)16-11-7-5-6-9(13(17)18)12(11)14-15-16/h5-8,10H,4H2,1-3H3,(H,17,18). The summed E-state index contributed by atoms with van der Waals surface area (Å²) in [6.07, 6.45) is 0.938. The first-order chi connectivity index (χ1) is 8.56. The van der Waals surface area contributed by atoms with E-state index >= 15 is 0 Å². The first kappa shape index (κ1) is 12.5. The molecule has 18 heavy (non-hydrogen) atoms. The lowest BCUT2D eigenvalue weighted by Gasteiger charge is -2.19. The molecule has 0 aliphatic heterocycles. The summed E-state index contributed by atoms with van der Waals surface area (Å²) in [6, 6.07) is 5.39. The third-order valence-electron chi connectivity index (χ3n) is 3.23. The lowest BCUT2D eigenvalue weighted by molar-refractivity contribution is 0.0699. The Kier molecular flexibility index (Phi) is 3.32. The van der Waals surface area contributed by atoms with E-state index in [9.17, 15) is 4.79 Å². The molecule has 2 rings (SSSR count). The molecule has 1 N–H and O–H groups in total. The third kappa shape index (κ3) is 1.96. The smallest absolute Gasteiger partial charge is 0.338 e. The van der Waals surface area contributed by atoms with Gasteiger partial charge in [-0.1, -0.05) is 32.1 Å². The van der Waals surface area contributed by atoms with Crippen molar-refractivity contribution in [2.45, 2.75) is 33.2 Å². The molecule has 5 heteroatoms. The Morgan fingerprint density at radius 3 is 2.72 bits per heavy atom. The predicted molar refractivity (Wildman–Crippen MR) is 68.7 cm³/mol. The summed E-state index contributed by atoms with van der Waals surface area (Å²) < 4.78 is 1.84. The molecule has 0 saturated carbocycles. The van der Waals surface area contributed by atoms with E-state index in [1.54, 1.807) is 12.1 Å². The van der Waals surface area contributed by atoms with Crippen molar-refractivity contribution in [2.24, 2.45) is 5.92 Å². The number of benzene rings is 1. The van der Waals surface area contributed by atoms with Gasteiger partial charge in [-0.25, -0.2) is 9.48 Å². The second-order valence-electron chi connectivity index (χ2n) is 4.73. The van der Waals surface area contributed by atoms with Gasteiger partial charge in [-0.2, -0.15) is 0 Å². The Morgan fingerprint density at radius 1 is 1.44 bits per heavy atom. The van der Waals surface area contributed by atoms with E-state index in [-0.39, 0.29) is 11.6 Å². The molecular weight excluding hydrogens is 230 g/mol. The Morgan fingerprint density at radius 2 is 2.17 bits per heavy atom. The molecule has 1 unspecified atom stereocenters. The molecule has 5 nitrogen and oxygen atoms in total. The Bertz CT molecular complexity index is 575. The highest BCUT2D eigenvalue weighted by molar-refractivity contribution is 6.00. The van der Waals surface area contributed by atoms with Gasteiger partial charge in [-0.15, -0.1) is 5.10 Å². The van der Waals surface area contributed by atoms with Gasteiger partial charge < -0.3 is 5.11 Å². The van der Waals surface area contributed by atoms with Crippen molar-refractivity contribution in [3.63, 3.8) is 0 Å². The average Bonchev–Trinajstić information content (AvgIpc) is 2.73. The topological polar surface area (TPSA) is 68.0 Å². The number of carboxylic acids is 1. The molecule has 1 atom stereocenters. The maximum atomic E-state index is 11.1. The summed E-state index contributed by atoms with van der Waals surface area (Å²) in [5.74, 6) is -0.543. The van der Waals surface area contributed by atoms with Crippen molar-refractivity contribution >= 4 is 17.0 Å². The number of nitrogens with zero attached hydrogens (tertiary/aromatic N) is 3. The minimum absolute atomic E-state index is 0.206. The number of aromatic carboxylic acids is 1. The number of aromatic nitrogens is 3. The highest BCUT2D eigenvalue weighted by Gasteiger charge is 2.20. The van der Waals surface area contributed by atoms with Crippen molar-refractivity contribution in [3.05, 3.63) is 23.8 Å². The lowest BCUT2D eigenvalue weighted by atomic mass is 10.0. The zero-order valence-electron chi connectivity index (χ0n) is 10.8. The normalized spacial score (nSPS) is 13.1. The van der Waals surface area contributed by atoms with Gasteiger partial charge in [0.1, 0.15) is 5.52 Å². The number of hydrogen-bond donors (Lipinski definition) is 1. The van der Waals surface area contributed by atoms with Crippen molar-refractivity contribution in [1.82, 2.24) is 15.0 Å². The molecule has 1 aromatic heterocycles. The Balaban J connectivity index is 2.61. The molecule has 0 fully saturated rings. The molecule has 1 heterocycles. The second kappa shape index (κ2) is 4.76. The maximum absolute atomic E-state index is 11.1. The van der Waals surface area contributed by atoms with E-state index in [0.717, 1.165) is 11.9 Å². The zero-order chi connectivity index (χ0) is 13.3. The van der Waals surface area contributed by atoms with Gasteiger partial charge in [0.05, 0.1) is 17.1 Å². The summed E-state index contributed by atoms with van der Waals surface area (Å²) in [4.78, 5) is 11.1. The van der Waals surface area contributed by atoms with Crippen LogP contribution in [0.15, 0.2) is 18.2 Å². The fraction of sp³-hybridized carbons (Fsp3) is 0.462.